The fourth-order valence-corrected chi connectivity index (χ4v) is 1.67. The van der Waals surface area contributed by atoms with Crippen LogP contribution in [0.1, 0.15) is 19.4 Å². The Morgan fingerprint density at radius 1 is 1.35 bits per heavy atom. The second-order valence-corrected chi connectivity index (χ2v) is 4.49. The first-order chi connectivity index (χ1) is 8.13. The van der Waals surface area contributed by atoms with Gasteiger partial charge >= 0.3 is 0 Å². The number of rotatable bonds is 7. The van der Waals surface area contributed by atoms with Crippen LogP contribution in [0.25, 0.3) is 0 Å². The van der Waals surface area contributed by atoms with Crippen LogP contribution in [0.5, 0.6) is 5.75 Å². The predicted molar refractivity (Wildman–Crippen MR) is 70.8 cm³/mol. The standard InChI is InChI=1S/C13H20ClNO2/c1-10(2)17-7-6-15-9-11-8-12(14)4-5-13(11)16-3/h4-5,8,10,15H,6-7,9H2,1-3H3. The van der Waals surface area contributed by atoms with Crippen molar-refractivity contribution in [2.24, 2.45) is 0 Å². The molecule has 0 amide bonds. The maximum Gasteiger partial charge on any atom is 0.123 e. The second-order valence-electron chi connectivity index (χ2n) is 4.05. The molecule has 1 aromatic rings. The van der Waals surface area contributed by atoms with Gasteiger partial charge < -0.3 is 14.8 Å². The van der Waals surface area contributed by atoms with Crippen molar-refractivity contribution in [3.05, 3.63) is 28.8 Å². The summed E-state index contributed by atoms with van der Waals surface area (Å²) in [6.45, 7) is 6.31. The number of hydrogen-bond acceptors (Lipinski definition) is 3. The van der Waals surface area contributed by atoms with E-state index in [1.807, 2.05) is 32.0 Å². The van der Waals surface area contributed by atoms with E-state index in [1.54, 1.807) is 7.11 Å². The first kappa shape index (κ1) is 14.3. The Bertz CT molecular complexity index is 342. The van der Waals surface area contributed by atoms with E-state index in [-0.39, 0.29) is 6.10 Å². The van der Waals surface area contributed by atoms with E-state index in [9.17, 15) is 0 Å². The topological polar surface area (TPSA) is 30.5 Å². The van der Waals surface area contributed by atoms with E-state index >= 15 is 0 Å². The number of hydrogen-bond donors (Lipinski definition) is 1. The quantitative estimate of drug-likeness (QED) is 0.762. The average molecular weight is 258 g/mol. The zero-order chi connectivity index (χ0) is 12.7. The molecule has 0 aliphatic carbocycles. The van der Waals surface area contributed by atoms with Gasteiger partial charge in [0.1, 0.15) is 5.75 Å². The van der Waals surface area contributed by atoms with E-state index in [2.05, 4.69) is 5.32 Å². The van der Waals surface area contributed by atoms with Crippen LogP contribution in [0.15, 0.2) is 18.2 Å². The number of ether oxygens (including phenoxy) is 2. The summed E-state index contributed by atoms with van der Waals surface area (Å²) >= 11 is 5.95. The lowest BCUT2D eigenvalue weighted by Gasteiger charge is -2.11. The average Bonchev–Trinajstić information content (AvgIpc) is 2.28. The Kier molecular flexibility index (Phi) is 6.34. The largest absolute Gasteiger partial charge is 0.496 e. The molecule has 0 aliphatic heterocycles. The minimum Gasteiger partial charge on any atom is -0.496 e. The highest BCUT2D eigenvalue weighted by atomic mass is 35.5. The van der Waals surface area contributed by atoms with Crippen LogP contribution in [0, 0.1) is 0 Å². The molecule has 0 saturated carbocycles. The highest BCUT2D eigenvalue weighted by molar-refractivity contribution is 6.30. The Morgan fingerprint density at radius 2 is 2.12 bits per heavy atom. The van der Waals surface area contributed by atoms with Crippen LogP contribution in [-0.2, 0) is 11.3 Å². The summed E-state index contributed by atoms with van der Waals surface area (Å²) in [6.07, 6.45) is 0.275. The highest BCUT2D eigenvalue weighted by Gasteiger charge is 2.03. The van der Waals surface area contributed by atoms with E-state index in [0.29, 0.717) is 6.61 Å². The lowest BCUT2D eigenvalue weighted by Crippen LogP contribution is -2.21. The van der Waals surface area contributed by atoms with Crippen LogP contribution in [0.2, 0.25) is 5.02 Å². The fourth-order valence-electron chi connectivity index (χ4n) is 1.48. The normalized spacial score (nSPS) is 10.9. The second kappa shape index (κ2) is 7.54. The fraction of sp³-hybridized carbons (Fsp3) is 0.538. The van der Waals surface area contributed by atoms with Gasteiger partial charge in [-0.1, -0.05) is 11.6 Å². The van der Waals surface area contributed by atoms with Gasteiger partial charge in [0.2, 0.25) is 0 Å². The molecule has 0 heterocycles. The summed E-state index contributed by atoms with van der Waals surface area (Å²) in [7, 11) is 1.66. The molecule has 0 atom stereocenters. The Labute approximate surface area is 108 Å². The van der Waals surface area contributed by atoms with Gasteiger partial charge in [-0.3, -0.25) is 0 Å². The third-order valence-corrected chi connectivity index (χ3v) is 2.52. The minimum atomic E-state index is 0.275. The van der Waals surface area contributed by atoms with Crippen molar-refractivity contribution in [2.45, 2.75) is 26.5 Å². The van der Waals surface area contributed by atoms with Crippen molar-refractivity contribution < 1.29 is 9.47 Å². The number of benzene rings is 1. The molecule has 0 radical (unpaired) electrons. The van der Waals surface area contributed by atoms with E-state index in [4.69, 9.17) is 21.1 Å². The molecule has 0 aliphatic rings. The maximum atomic E-state index is 5.95. The monoisotopic (exact) mass is 257 g/mol. The van der Waals surface area contributed by atoms with Crippen LogP contribution in [0.3, 0.4) is 0 Å². The molecular weight excluding hydrogens is 238 g/mol. The number of nitrogens with one attached hydrogen (secondary N) is 1. The zero-order valence-corrected chi connectivity index (χ0v) is 11.4. The van der Waals surface area contributed by atoms with Gasteiger partial charge in [0.15, 0.2) is 0 Å². The first-order valence-corrected chi connectivity index (χ1v) is 6.16. The molecular formula is C13H20ClNO2. The molecule has 1 aromatic carbocycles. The number of methoxy groups -OCH3 is 1. The lowest BCUT2D eigenvalue weighted by molar-refractivity contribution is 0.0807. The van der Waals surface area contributed by atoms with Crippen LogP contribution in [-0.4, -0.2) is 26.4 Å². The predicted octanol–water partition coefficient (Wildman–Crippen LogP) is 2.86. The molecule has 0 aromatic heterocycles. The van der Waals surface area contributed by atoms with Crippen LogP contribution >= 0.6 is 11.6 Å². The third kappa shape index (κ3) is 5.39. The highest BCUT2D eigenvalue weighted by Crippen LogP contribution is 2.22. The maximum absolute atomic E-state index is 5.95. The summed E-state index contributed by atoms with van der Waals surface area (Å²) < 4.78 is 10.7. The molecule has 0 spiro atoms. The SMILES string of the molecule is COc1ccc(Cl)cc1CNCCOC(C)C. The van der Waals surface area contributed by atoms with Gasteiger partial charge in [0, 0.05) is 23.7 Å². The molecule has 96 valence electrons. The molecule has 0 unspecified atom stereocenters. The Hall–Kier alpha value is -0.770. The molecule has 17 heavy (non-hydrogen) atoms. The molecule has 1 rings (SSSR count). The summed E-state index contributed by atoms with van der Waals surface area (Å²) in [6, 6.07) is 5.62. The van der Waals surface area contributed by atoms with Gasteiger partial charge in [0.05, 0.1) is 19.8 Å². The van der Waals surface area contributed by atoms with Gasteiger partial charge in [-0.25, -0.2) is 0 Å². The molecule has 4 heteroatoms. The Balaban J connectivity index is 2.37. The molecule has 1 N–H and O–H groups in total. The van der Waals surface area contributed by atoms with Crippen molar-refractivity contribution in [1.82, 2.24) is 5.32 Å². The van der Waals surface area contributed by atoms with Gasteiger partial charge in [-0.2, -0.15) is 0 Å². The van der Waals surface area contributed by atoms with Crippen molar-refractivity contribution in [3.8, 4) is 5.75 Å². The van der Waals surface area contributed by atoms with E-state index < -0.39 is 0 Å². The van der Waals surface area contributed by atoms with Gasteiger partial charge in [-0.05, 0) is 32.0 Å². The third-order valence-electron chi connectivity index (χ3n) is 2.29. The zero-order valence-electron chi connectivity index (χ0n) is 10.6. The lowest BCUT2D eigenvalue weighted by atomic mass is 10.2. The Morgan fingerprint density at radius 3 is 2.76 bits per heavy atom. The first-order valence-electron chi connectivity index (χ1n) is 5.78. The van der Waals surface area contributed by atoms with Crippen molar-refractivity contribution in [1.29, 1.82) is 0 Å². The smallest absolute Gasteiger partial charge is 0.123 e. The summed E-state index contributed by atoms with van der Waals surface area (Å²) in [4.78, 5) is 0. The molecule has 3 nitrogen and oxygen atoms in total. The van der Waals surface area contributed by atoms with Crippen LogP contribution in [0.4, 0.5) is 0 Å². The van der Waals surface area contributed by atoms with Crippen molar-refractivity contribution in [2.75, 3.05) is 20.3 Å². The summed E-state index contributed by atoms with van der Waals surface area (Å²) in [5, 5.41) is 4.02. The van der Waals surface area contributed by atoms with Crippen molar-refractivity contribution in [3.63, 3.8) is 0 Å². The molecule has 0 bridgehead atoms. The summed E-state index contributed by atoms with van der Waals surface area (Å²) in [5.41, 5.74) is 1.06. The molecule has 0 saturated heterocycles. The van der Waals surface area contributed by atoms with Gasteiger partial charge in [-0.15, -0.1) is 0 Å². The van der Waals surface area contributed by atoms with Gasteiger partial charge in [0.25, 0.3) is 0 Å². The van der Waals surface area contributed by atoms with E-state index in [0.717, 1.165) is 29.4 Å². The molecule has 0 fully saturated rings. The summed E-state index contributed by atoms with van der Waals surface area (Å²) in [5.74, 6) is 0.853. The minimum absolute atomic E-state index is 0.275. The number of halogens is 1. The van der Waals surface area contributed by atoms with Crippen molar-refractivity contribution >= 4 is 11.6 Å². The van der Waals surface area contributed by atoms with E-state index in [1.165, 1.54) is 0 Å². The van der Waals surface area contributed by atoms with Crippen LogP contribution < -0.4 is 10.1 Å².